The summed E-state index contributed by atoms with van der Waals surface area (Å²) in [5.41, 5.74) is 1.57. The van der Waals surface area contributed by atoms with E-state index in [4.69, 9.17) is 0 Å². The van der Waals surface area contributed by atoms with E-state index in [1.165, 1.54) is 6.42 Å². The van der Waals surface area contributed by atoms with Crippen molar-refractivity contribution in [2.45, 2.75) is 33.6 Å². The Hall–Kier alpha value is -1.05. The molecule has 1 rings (SSSR count). The van der Waals surface area contributed by atoms with E-state index in [1.54, 1.807) is 19.1 Å². The Bertz CT molecular complexity index is 307. The summed E-state index contributed by atoms with van der Waals surface area (Å²) in [5.74, 6) is 0.602. The minimum absolute atomic E-state index is 0.135. The van der Waals surface area contributed by atoms with Crippen LogP contribution in [0.5, 0.6) is 0 Å². The molecule has 0 unspecified atom stereocenters. The summed E-state index contributed by atoms with van der Waals surface area (Å²) in [6, 6.07) is 5.29. The highest BCUT2D eigenvalue weighted by Crippen LogP contribution is 2.13. The Morgan fingerprint density at radius 1 is 1.33 bits per heavy atom. The SMILES string of the molecule is Cc1ccc(NCCCC(C)C)cc1F. The summed E-state index contributed by atoms with van der Waals surface area (Å²) in [6.45, 7) is 7.12. The van der Waals surface area contributed by atoms with Crippen LogP contribution in [0.3, 0.4) is 0 Å². The van der Waals surface area contributed by atoms with Gasteiger partial charge in [0, 0.05) is 12.2 Å². The zero-order chi connectivity index (χ0) is 11.3. The largest absolute Gasteiger partial charge is 0.385 e. The van der Waals surface area contributed by atoms with Gasteiger partial charge in [-0.1, -0.05) is 19.9 Å². The minimum Gasteiger partial charge on any atom is -0.385 e. The van der Waals surface area contributed by atoms with E-state index >= 15 is 0 Å². The molecular weight excluding hydrogens is 189 g/mol. The molecule has 15 heavy (non-hydrogen) atoms. The van der Waals surface area contributed by atoms with Gasteiger partial charge in [-0.15, -0.1) is 0 Å². The van der Waals surface area contributed by atoms with Crippen molar-refractivity contribution in [3.63, 3.8) is 0 Å². The van der Waals surface area contributed by atoms with Gasteiger partial charge in [0.25, 0.3) is 0 Å². The van der Waals surface area contributed by atoms with Gasteiger partial charge in [0.15, 0.2) is 0 Å². The van der Waals surface area contributed by atoms with E-state index in [1.807, 2.05) is 6.07 Å². The van der Waals surface area contributed by atoms with Crippen LogP contribution in [0.1, 0.15) is 32.3 Å². The number of aryl methyl sites for hydroxylation is 1. The molecule has 0 amide bonds. The Morgan fingerprint density at radius 2 is 2.07 bits per heavy atom. The van der Waals surface area contributed by atoms with Crippen molar-refractivity contribution in [3.05, 3.63) is 29.6 Å². The number of benzene rings is 1. The number of hydrogen-bond donors (Lipinski definition) is 1. The predicted octanol–water partition coefficient (Wildman–Crippen LogP) is 3.98. The number of anilines is 1. The zero-order valence-electron chi connectivity index (χ0n) is 9.81. The van der Waals surface area contributed by atoms with E-state index in [0.717, 1.165) is 24.6 Å². The molecule has 0 atom stereocenters. The smallest absolute Gasteiger partial charge is 0.128 e. The molecule has 0 bridgehead atoms. The van der Waals surface area contributed by atoms with Crippen molar-refractivity contribution in [1.29, 1.82) is 0 Å². The number of hydrogen-bond acceptors (Lipinski definition) is 1. The first kappa shape index (κ1) is 12.0. The van der Waals surface area contributed by atoms with E-state index < -0.39 is 0 Å². The molecule has 84 valence electrons. The minimum atomic E-state index is -0.135. The fourth-order valence-electron chi connectivity index (χ4n) is 1.45. The second-order valence-corrected chi connectivity index (χ2v) is 4.43. The van der Waals surface area contributed by atoms with Crippen molar-refractivity contribution in [3.8, 4) is 0 Å². The van der Waals surface area contributed by atoms with Crippen LogP contribution in [0.25, 0.3) is 0 Å². The normalized spacial score (nSPS) is 10.7. The second kappa shape index (κ2) is 5.74. The van der Waals surface area contributed by atoms with Crippen molar-refractivity contribution in [2.75, 3.05) is 11.9 Å². The topological polar surface area (TPSA) is 12.0 Å². The first-order valence-electron chi connectivity index (χ1n) is 5.59. The van der Waals surface area contributed by atoms with Crippen LogP contribution < -0.4 is 5.32 Å². The third-order valence-electron chi connectivity index (χ3n) is 2.46. The molecule has 1 nitrogen and oxygen atoms in total. The number of rotatable bonds is 5. The van der Waals surface area contributed by atoms with Gasteiger partial charge in [0.05, 0.1) is 0 Å². The molecule has 0 aliphatic rings. The molecule has 0 saturated carbocycles. The van der Waals surface area contributed by atoms with Crippen molar-refractivity contribution < 1.29 is 4.39 Å². The van der Waals surface area contributed by atoms with Crippen LogP contribution in [-0.4, -0.2) is 6.54 Å². The summed E-state index contributed by atoms with van der Waals surface area (Å²) < 4.78 is 13.2. The molecule has 2 heteroatoms. The lowest BCUT2D eigenvalue weighted by Crippen LogP contribution is -2.03. The molecule has 0 aliphatic carbocycles. The quantitative estimate of drug-likeness (QED) is 0.723. The van der Waals surface area contributed by atoms with Crippen LogP contribution in [0.15, 0.2) is 18.2 Å². The molecule has 1 aromatic rings. The molecule has 0 radical (unpaired) electrons. The fourth-order valence-corrected chi connectivity index (χ4v) is 1.45. The van der Waals surface area contributed by atoms with Crippen LogP contribution >= 0.6 is 0 Å². The molecule has 0 spiro atoms. The van der Waals surface area contributed by atoms with Crippen molar-refractivity contribution in [2.24, 2.45) is 5.92 Å². The maximum atomic E-state index is 13.2. The lowest BCUT2D eigenvalue weighted by atomic mass is 10.1. The third kappa shape index (κ3) is 4.32. The molecule has 1 aromatic carbocycles. The highest BCUT2D eigenvalue weighted by atomic mass is 19.1. The first-order chi connectivity index (χ1) is 7.09. The molecule has 0 aromatic heterocycles. The maximum absolute atomic E-state index is 13.2. The first-order valence-corrected chi connectivity index (χ1v) is 5.59. The molecule has 0 heterocycles. The number of nitrogens with one attached hydrogen (secondary N) is 1. The van der Waals surface area contributed by atoms with Crippen molar-refractivity contribution in [1.82, 2.24) is 0 Å². The average Bonchev–Trinajstić information content (AvgIpc) is 2.18. The lowest BCUT2D eigenvalue weighted by molar-refractivity contribution is 0.566. The maximum Gasteiger partial charge on any atom is 0.128 e. The predicted molar refractivity (Wildman–Crippen MR) is 63.7 cm³/mol. The van der Waals surface area contributed by atoms with Crippen LogP contribution in [0.4, 0.5) is 10.1 Å². The summed E-state index contributed by atoms with van der Waals surface area (Å²) in [5, 5.41) is 3.23. The summed E-state index contributed by atoms with van der Waals surface area (Å²) >= 11 is 0. The van der Waals surface area contributed by atoms with Gasteiger partial charge in [0.2, 0.25) is 0 Å². The van der Waals surface area contributed by atoms with Crippen LogP contribution in [0, 0.1) is 18.7 Å². The molecule has 0 aliphatic heterocycles. The Morgan fingerprint density at radius 3 is 2.67 bits per heavy atom. The van der Waals surface area contributed by atoms with E-state index in [9.17, 15) is 4.39 Å². The van der Waals surface area contributed by atoms with E-state index in [-0.39, 0.29) is 5.82 Å². The van der Waals surface area contributed by atoms with Crippen LogP contribution in [-0.2, 0) is 0 Å². The second-order valence-electron chi connectivity index (χ2n) is 4.43. The summed E-state index contributed by atoms with van der Waals surface area (Å²) in [7, 11) is 0. The Balaban J connectivity index is 2.35. The van der Waals surface area contributed by atoms with Gasteiger partial charge in [-0.2, -0.15) is 0 Å². The van der Waals surface area contributed by atoms with Gasteiger partial charge < -0.3 is 5.32 Å². The summed E-state index contributed by atoms with van der Waals surface area (Å²) in [6.07, 6.45) is 2.34. The monoisotopic (exact) mass is 209 g/mol. The molecule has 0 saturated heterocycles. The molecule has 1 N–H and O–H groups in total. The molecule has 0 fully saturated rings. The Labute approximate surface area is 91.7 Å². The van der Waals surface area contributed by atoms with Gasteiger partial charge in [0.1, 0.15) is 5.82 Å². The van der Waals surface area contributed by atoms with Crippen LogP contribution in [0.2, 0.25) is 0 Å². The fraction of sp³-hybridized carbons (Fsp3) is 0.538. The lowest BCUT2D eigenvalue weighted by Gasteiger charge is -2.08. The summed E-state index contributed by atoms with van der Waals surface area (Å²) in [4.78, 5) is 0. The number of halogens is 1. The third-order valence-corrected chi connectivity index (χ3v) is 2.46. The molecular formula is C13H20FN. The highest BCUT2D eigenvalue weighted by molar-refractivity contribution is 5.44. The average molecular weight is 209 g/mol. The van der Waals surface area contributed by atoms with Gasteiger partial charge in [-0.05, 0) is 43.4 Å². The van der Waals surface area contributed by atoms with Crippen molar-refractivity contribution >= 4 is 5.69 Å². The van der Waals surface area contributed by atoms with E-state index in [2.05, 4.69) is 19.2 Å². The standard InChI is InChI=1S/C13H20FN/c1-10(2)5-4-8-15-12-7-6-11(3)13(14)9-12/h6-7,9-10,15H,4-5,8H2,1-3H3. The zero-order valence-corrected chi connectivity index (χ0v) is 9.81. The van der Waals surface area contributed by atoms with Gasteiger partial charge in [-0.3, -0.25) is 0 Å². The van der Waals surface area contributed by atoms with Gasteiger partial charge >= 0.3 is 0 Å². The highest BCUT2D eigenvalue weighted by Gasteiger charge is 1.99. The van der Waals surface area contributed by atoms with E-state index in [0.29, 0.717) is 5.56 Å². The Kier molecular flexibility index (Phi) is 4.60. The van der Waals surface area contributed by atoms with Gasteiger partial charge in [-0.25, -0.2) is 4.39 Å².